The van der Waals surface area contributed by atoms with Crippen molar-refractivity contribution in [1.29, 1.82) is 0 Å². The molecule has 1 aliphatic heterocycles. The second-order valence-corrected chi connectivity index (χ2v) is 5.13. The molecule has 0 radical (unpaired) electrons. The number of hydrogen-bond donors (Lipinski definition) is 2. The Labute approximate surface area is 119 Å². The number of anilines is 1. The fourth-order valence-electron chi connectivity index (χ4n) is 2.15. The summed E-state index contributed by atoms with van der Waals surface area (Å²) in [4.78, 5) is 11.9. The van der Waals surface area contributed by atoms with Crippen LogP contribution in [-0.2, 0) is 4.79 Å². The van der Waals surface area contributed by atoms with Crippen molar-refractivity contribution in [2.24, 2.45) is 11.7 Å². The first kappa shape index (κ1) is 14.7. The van der Waals surface area contributed by atoms with E-state index in [0.717, 1.165) is 24.3 Å². The molecule has 1 heterocycles. The monoisotopic (exact) mass is 278 g/mol. The molecule has 3 N–H and O–H groups in total. The number of benzene rings is 1. The Morgan fingerprint density at radius 3 is 2.80 bits per heavy atom. The molecule has 1 atom stereocenters. The lowest BCUT2D eigenvalue weighted by Gasteiger charge is -2.19. The van der Waals surface area contributed by atoms with Gasteiger partial charge in [-0.1, -0.05) is 6.92 Å². The Kier molecular flexibility index (Phi) is 5.24. The van der Waals surface area contributed by atoms with Crippen LogP contribution in [0, 0.1) is 5.92 Å². The highest BCUT2D eigenvalue weighted by molar-refractivity contribution is 5.91. The molecule has 2 rings (SSSR count). The number of nitrogens with one attached hydrogen (secondary N) is 1. The first-order valence-corrected chi connectivity index (χ1v) is 7.08. The second-order valence-electron chi connectivity index (χ2n) is 5.13. The molecule has 1 unspecified atom stereocenters. The number of fused-ring (bicyclic) bond motifs is 1. The molecule has 0 aliphatic carbocycles. The molecule has 0 saturated carbocycles. The van der Waals surface area contributed by atoms with Crippen LogP contribution in [0.1, 0.15) is 26.2 Å². The van der Waals surface area contributed by atoms with Gasteiger partial charge in [-0.3, -0.25) is 4.79 Å². The summed E-state index contributed by atoms with van der Waals surface area (Å²) in [7, 11) is 0. The van der Waals surface area contributed by atoms with Crippen LogP contribution in [0.15, 0.2) is 18.2 Å². The van der Waals surface area contributed by atoms with E-state index in [4.69, 9.17) is 15.2 Å². The van der Waals surface area contributed by atoms with E-state index in [1.807, 2.05) is 12.1 Å². The van der Waals surface area contributed by atoms with Gasteiger partial charge in [-0.05, 0) is 37.4 Å². The zero-order chi connectivity index (χ0) is 14.4. The normalized spacial score (nSPS) is 14.7. The van der Waals surface area contributed by atoms with Crippen molar-refractivity contribution in [3.8, 4) is 11.5 Å². The van der Waals surface area contributed by atoms with Crippen molar-refractivity contribution in [1.82, 2.24) is 0 Å². The molecule has 0 fully saturated rings. The van der Waals surface area contributed by atoms with Gasteiger partial charge < -0.3 is 20.5 Å². The minimum atomic E-state index is 0.0190. The lowest BCUT2D eigenvalue weighted by atomic mass is 10.0. The minimum Gasteiger partial charge on any atom is -0.486 e. The van der Waals surface area contributed by atoms with Gasteiger partial charge in [-0.2, -0.15) is 0 Å². The Morgan fingerprint density at radius 2 is 2.05 bits per heavy atom. The smallest absolute Gasteiger partial charge is 0.224 e. The minimum absolute atomic E-state index is 0.0190. The van der Waals surface area contributed by atoms with Crippen LogP contribution in [-0.4, -0.2) is 25.7 Å². The Morgan fingerprint density at radius 1 is 1.30 bits per heavy atom. The van der Waals surface area contributed by atoms with Crippen molar-refractivity contribution in [2.45, 2.75) is 26.2 Å². The van der Waals surface area contributed by atoms with E-state index in [2.05, 4.69) is 12.2 Å². The summed E-state index contributed by atoms with van der Waals surface area (Å²) in [5, 5.41) is 2.88. The average molecular weight is 278 g/mol. The number of amides is 1. The predicted molar refractivity (Wildman–Crippen MR) is 78.1 cm³/mol. The number of rotatable bonds is 6. The third-order valence-corrected chi connectivity index (χ3v) is 3.35. The quantitative estimate of drug-likeness (QED) is 0.836. The third kappa shape index (κ3) is 4.13. The second kappa shape index (κ2) is 7.14. The summed E-state index contributed by atoms with van der Waals surface area (Å²) in [6.45, 7) is 3.90. The molecule has 5 nitrogen and oxygen atoms in total. The van der Waals surface area contributed by atoms with E-state index in [0.29, 0.717) is 37.8 Å². The van der Waals surface area contributed by atoms with E-state index in [-0.39, 0.29) is 5.91 Å². The molecular formula is C15H22N2O3. The lowest BCUT2D eigenvalue weighted by Crippen LogP contribution is -2.17. The van der Waals surface area contributed by atoms with Gasteiger partial charge >= 0.3 is 0 Å². The molecule has 0 saturated heterocycles. The SMILES string of the molecule is CC(CCN)CCC(=O)Nc1ccc2c(c1)OCCO2. The zero-order valence-electron chi connectivity index (χ0n) is 11.9. The highest BCUT2D eigenvalue weighted by Gasteiger charge is 2.13. The van der Waals surface area contributed by atoms with Gasteiger partial charge in [0.25, 0.3) is 0 Å². The first-order valence-electron chi connectivity index (χ1n) is 7.08. The summed E-state index contributed by atoms with van der Waals surface area (Å²) in [5.74, 6) is 1.91. The number of nitrogens with two attached hydrogens (primary N) is 1. The number of ether oxygens (including phenoxy) is 2. The first-order chi connectivity index (χ1) is 9.69. The standard InChI is InChI=1S/C15H22N2O3/c1-11(6-7-16)2-5-15(18)17-12-3-4-13-14(10-12)20-9-8-19-13/h3-4,10-11H,2,5-9,16H2,1H3,(H,17,18). The third-order valence-electron chi connectivity index (χ3n) is 3.35. The van der Waals surface area contributed by atoms with Crippen LogP contribution in [0.3, 0.4) is 0 Å². The molecule has 1 aromatic carbocycles. The summed E-state index contributed by atoms with van der Waals surface area (Å²) >= 11 is 0. The van der Waals surface area contributed by atoms with E-state index >= 15 is 0 Å². The van der Waals surface area contributed by atoms with Crippen LogP contribution in [0.4, 0.5) is 5.69 Å². The molecule has 1 amide bonds. The fraction of sp³-hybridized carbons (Fsp3) is 0.533. The van der Waals surface area contributed by atoms with Crippen molar-refractivity contribution < 1.29 is 14.3 Å². The van der Waals surface area contributed by atoms with E-state index in [1.165, 1.54) is 0 Å². The van der Waals surface area contributed by atoms with Crippen LogP contribution in [0.25, 0.3) is 0 Å². The fourth-order valence-corrected chi connectivity index (χ4v) is 2.15. The largest absolute Gasteiger partial charge is 0.486 e. The number of carbonyl (C=O) groups is 1. The lowest BCUT2D eigenvalue weighted by molar-refractivity contribution is -0.116. The van der Waals surface area contributed by atoms with Crippen molar-refractivity contribution in [3.05, 3.63) is 18.2 Å². The van der Waals surface area contributed by atoms with Gasteiger partial charge in [0.05, 0.1) is 0 Å². The Hall–Kier alpha value is -1.75. The van der Waals surface area contributed by atoms with Crippen LogP contribution < -0.4 is 20.5 Å². The highest BCUT2D eigenvalue weighted by Crippen LogP contribution is 2.32. The summed E-state index contributed by atoms with van der Waals surface area (Å²) in [6, 6.07) is 5.45. The summed E-state index contributed by atoms with van der Waals surface area (Å²) in [6.07, 6.45) is 2.32. The van der Waals surface area contributed by atoms with Crippen molar-refractivity contribution >= 4 is 11.6 Å². The maximum atomic E-state index is 11.9. The van der Waals surface area contributed by atoms with E-state index < -0.39 is 0 Å². The number of carbonyl (C=O) groups excluding carboxylic acids is 1. The van der Waals surface area contributed by atoms with Gasteiger partial charge in [0.15, 0.2) is 11.5 Å². The molecule has 1 aliphatic rings. The van der Waals surface area contributed by atoms with Gasteiger partial charge in [0.2, 0.25) is 5.91 Å². The molecule has 0 aromatic heterocycles. The average Bonchev–Trinajstić information content (AvgIpc) is 2.45. The molecule has 0 spiro atoms. The molecule has 110 valence electrons. The van der Waals surface area contributed by atoms with Crippen LogP contribution >= 0.6 is 0 Å². The molecule has 1 aromatic rings. The Balaban J connectivity index is 1.85. The van der Waals surface area contributed by atoms with Crippen LogP contribution in [0.5, 0.6) is 11.5 Å². The maximum Gasteiger partial charge on any atom is 0.224 e. The maximum absolute atomic E-state index is 11.9. The zero-order valence-corrected chi connectivity index (χ0v) is 11.9. The molecule has 20 heavy (non-hydrogen) atoms. The highest BCUT2D eigenvalue weighted by atomic mass is 16.6. The topological polar surface area (TPSA) is 73.6 Å². The summed E-state index contributed by atoms with van der Waals surface area (Å²) in [5.41, 5.74) is 6.24. The van der Waals surface area contributed by atoms with Gasteiger partial charge in [-0.15, -0.1) is 0 Å². The predicted octanol–water partition coefficient (Wildman–Crippen LogP) is 2.16. The van der Waals surface area contributed by atoms with E-state index in [1.54, 1.807) is 6.07 Å². The van der Waals surface area contributed by atoms with Crippen molar-refractivity contribution in [3.63, 3.8) is 0 Å². The van der Waals surface area contributed by atoms with Crippen molar-refractivity contribution in [2.75, 3.05) is 25.1 Å². The Bertz CT molecular complexity index is 462. The number of hydrogen-bond acceptors (Lipinski definition) is 4. The van der Waals surface area contributed by atoms with Crippen LogP contribution in [0.2, 0.25) is 0 Å². The summed E-state index contributed by atoms with van der Waals surface area (Å²) < 4.78 is 10.9. The molecule has 0 bridgehead atoms. The molecular weight excluding hydrogens is 256 g/mol. The molecule has 5 heteroatoms. The van der Waals surface area contributed by atoms with Gasteiger partial charge in [0, 0.05) is 18.2 Å². The van der Waals surface area contributed by atoms with Gasteiger partial charge in [-0.25, -0.2) is 0 Å². The van der Waals surface area contributed by atoms with E-state index in [9.17, 15) is 4.79 Å². The van der Waals surface area contributed by atoms with Gasteiger partial charge in [0.1, 0.15) is 13.2 Å².